The third kappa shape index (κ3) is 4.26. The fraction of sp³-hybridized carbons (Fsp3) is 0.450. The van der Waals surface area contributed by atoms with E-state index < -0.39 is 0 Å². The Labute approximate surface area is 145 Å². The van der Waals surface area contributed by atoms with Crippen molar-refractivity contribution in [2.24, 2.45) is 4.99 Å². The van der Waals surface area contributed by atoms with Crippen molar-refractivity contribution < 1.29 is 9.84 Å². The highest BCUT2D eigenvalue weighted by molar-refractivity contribution is 6.02. The van der Waals surface area contributed by atoms with Crippen molar-refractivity contribution in [1.29, 1.82) is 0 Å². The number of phenols is 1. The summed E-state index contributed by atoms with van der Waals surface area (Å²) in [6.45, 7) is 9.74. The quantitative estimate of drug-likeness (QED) is 0.621. The molecule has 1 aromatic carbocycles. The molecule has 1 aliphatic heterocycles. The van der Waals surface area contributed by atoms with Gasteiger partial charge in [0.2, 0.25) is 0 Å². The van der Waals surface area contributed by atoms with Crippen LogP contribution in [0.25, 0.3) is 5.57 Å². The number of phenolic OH excluding ortho intramolecular Hbond substituents is 1. The lowest BCUT2D eigenvalue weighted by Crippen LogP contribution is -2.37. The normalized spacial score (nSPS) is 18.8. The van der Waals surface area contributed by atoms with Crippen molar-refractivity contribution in [3.8, 4) is 5.75 Å². The first kappa shape index (κ1) is 18.3. The van der Waals surface area contributed by atoms with Crippen LogP contribution >= 0.6 is 0 Å². The Morgan fingerprint density at radius 3 is 2.88 bits per heavy atom. The van der Waals surface area contributed by atoms with Crippen molar-refractivity contribution in [3.63, 3.8) is 0 Å². The fourth-order valence-corrected chi connectivity index (χ4v) is 2.93. The van der Waals surface area contributed by atoms with E-state index in [9.17, 15) is 5.11 Å². The van der Waals surface area contributed by atoms with Gasteiger partial charge in [0.15, 0.2) is 0 Å². The number of anilines is 1. The molecule has 4 heteroatoms. The minimum absolute atomic E-state index is 0.0632. The molecule has 1 fully saturated rings. The second kappa shape index (κ2) is 8.69. The maximum absolute atomic E-state index is 9.97. The maximum Gasteiger partial charge on any atom is 0.129 e. The molecule has 4 nitrogen and oxygen atoms in total. The summed E-state index contributed by atoms with van der Waals surface area (Å²) in [6.07, 6.45) is 7.20. The van der Waals surface area contributed by atoms with Crippen LogP contribution in [0.2, 0.25) is 0 Å². The first-order valence-electron chi connectivity index (χ1n) is 8.61. The van der Waals surface area contributed by atoms with Crippen LogP contribution in [0.1, 0.15) is 38.7 Å². The van der Waals surface area contributed by atoms with E-state index >= 15 is 0 Å². The van der Waals surface area contributed by atoms with Crippen molar-refractivity contribution >= 4 is 17.5 Å². The lowest BCUT2D eigenvalue weighted by atomic mass is 9.97. The van der Waals surface area contributed by atoms with E-state index in [-0.39, 0.29) is 12.0 Å². The fourth-order valence-electron chi connectivity index (χ4n) is 2.93. The topological polar surface area (TPSA) is 45.1 Å². The van der Waals surface area contributed by atoms with Gasteiger partial charge in [0, 0.05) is 37.7 Å². The molecule has 0 spiro atoms. The van der Waals surface area contributed by atoms with Gasteiger partial charge < -0.3 is 14.7 Å². The van der Waals surface area contributed by atoms with Crippen LogP contribution in [0.4, 0.5) is 5.69 Å². The van der Waals surface area contributed by atoms with Crippen molar-refractivity contribution in [2.45, 2.75) is 39.3 Å². The Kier molecular flexibility index (Phi) is 6.62. The van der Waals surface area contributed by atoms with Crippen molar-refractivity contribution in [1.82, 2.24) is 0 Å². The van der Waals surface area contributed by atoms with E-state index in [1.807, 2.05) is 39.3 Å². The first-order valence-corrected chi connectivity index (χ1v) is 8.61. The van der Waals surface area contributed by atoms with Gasteiger partial charge in [0.25, 0.3) is 0 Å². The predicted octanol–water partition coefficient (Wildman–Crippen LogP) is 4.41. The van der Waals surface area contributed by atoms with Crippen LogP contribution in [0, 0.1) is 0 Å². The van der Waals surface area contributed by atoms with Gasteiger partial charge in [-0.3, -0.25) is 4.99 Å². The predicted molar refractivity (Wildman–Crippen MR) is 102 cm³/mol. The average Bonchev–Trinajstić information content (AvgIpc) is 2.62. The smallest absolute Gasteiger partial charge is 0.129 e. The van der Waals surface area contributed by atoms with Crippen LogP contribution in [-0.2, 0) is 4.74 Å². The molecule has 0 aromatic heterocycles. The number of hydrogen-bond acceptors (Lipinski definition) is 4. The molecule has 2 rings (SSSR count). The lowest BCUT2D eigenvalue weighted by Gasteiger charge is -2.34. The molecule has 1 aliphatic rings. The number of aromatic hydroxyl groups is 1. The minimum atomic E-state index is 0.0632. The van der Waals surface area contributed by atoms with E-state index in [1.54, 1.807) is 12.1 Å². The molecule has 1 aromatic rings. The Morgan fingerprint density at radius 2 is 2.25 bits per heavy atom. The highest BCUT2D eigenvalue weighted by atomic mass is 16.5. The number of ether oxygens (including phenoxy) is 1. The molecule has 0 bridgehead atoms. The van der Waals surface area contributed by atoms with Crippen molar-refractivity contribution in [2.75, 3.05) is 25.1 Å². The summed E-state index contributed by atoms with van der Waals surface area (Å²) in [5, 5.41) is 9.97. The Balaban J connectivity index is 2.36. The zero-order valence-electron chi connectivity index (χ0n) is 15.0. The molecule has 0 saturated carbocycles. The average molecular weight is 328 g/mol. The first-order chi connectivity index (χ1) is 11.6. The largest absolute Gasteiger partial charge is 0.508 e. The summed E-state index contributed by atoms with van der Waals surface area (Å²) >= 11 is 0. The second-order valence-corrected chi connectivity index (χ2v) is 5.98. The molecule has 1 saturated heterocycles. The molecular weight excluding hydrogens is 300 g/mol. The summed E-state index contributed by atoms with van der Waals surface area (Å²) < 4.78 is 5.90. The SMILES string of the molecule is C=C(/C(C=NCC)=C/C)c1cc(O)ccc1N(C)C1CCCCO1. The highest BCUT2D eigenvalue weighted by Crippen LogP contribution is 2.34. The van der Waals surface area contributed by atoms with Gasteiger partial charge in [0.1, 0.15) is 12.0 Å². The van der Waals surface area contributed by atoms with Gasteiger partial charge in [-0.15, -0.1) is 0 Å². The van der Waals surface area contributed by atoms with Crippen LogP contribution in [-0.4, -0.2) is 37.7 Å². The zero-order valence-corrected chi connectivity index (χ0v) is 15.0. The number of benzene rings is 1. The summed E-state index contributed by atoms with van der Waals surface area (Å²) in [6, 6.07) is 5.40. The standard InChI is InChI=1S/C20H28N2O2/c1-5-16(14-21-6-2)15(3)18-13-17(23)10-11-19(18)22(4)20-9-7-8-12-24-20/h5,10-11,13-14,20,23H,3,6-9,12H2,1-2,4H3/b16-5+,21-14?. The molecule has 1 heterocycles. The molecule has 24 heavy (non-hydrogen) atoms. The summed E-state index contributed by atoms with van der Waals surface area (Å²) in [4.78, 5) is 6.46. The summed E-state index contributed by atoms with van der Waals surface area (Å²) in [5.41, 5.74) is 3.72. The van der Waals surface area contributed by atoms with Gasteiger partial charge >= 0.3 is 0 Å². The van der Waals surface area contributed by atoms with E-state index in [1.165, 1.54) is 6.42 Å². The summed E-state index contributed by atoms with van der Waals surface area (Å²) in [5.74, 6) is 0.232. The molecule has 1 unspecified atom stereocenters. The molecule has 0 amide bonds. The van der Waals surface area contributed by atoms with Crippen LogP contribution < -0.4 is 4.90 Å². The monoisotopic (exact) mass is 328 g/mol. The zero-order chi connectivity index (χ0) is 17.5. The van der Waals surface area contributed by atoms with Gasteiger partial charge in [-0.2, -0.15) is 0 Å². The van der Waals surface area contributed by atoms with Gasteiger partial charge in [-0.1, -0.05) is 12.7 Å². The molecule has 1 atom stereocenters. The number of allylic oxidation sites excluding steroid dienone is 3. The Hall–Kier alpha value is -2.07. The maximum atomic E-state index is 9.97. The number of aliphatic imine (C=N–C) groups is 1. The molecule has 130 valence electrons. The van der Waals surface area contributed by atoms with Gasteiger partial charge in [-0.25, -0.2) is 0 Å². The molecule has 0 aliphatic carbocycles. The summed E-state index contributed by atoms with van der Waals surface area (Å²) in [7, 11) is 2.04. The number of rotatable bonds is 6. The minimum Gasteiger partial charge on any atom is -0.508 e. The third-order valence-corrected chi connectivity index (χ3v) is 4.35. The van der Waals surface area contributed by atoms with E-state index in [4.69, 9.17) is 4.74 Å². The molecule has 0 radical (unpaired) electrons. The van der Waals surface area contributed by atoms with Crippen LogP contribution in [0.3, 0.4) is 0 Å². The van der Waals surface area contributed by atoms with Crippen LogP contribution in [0.15, 0.2) is 41.4 Å². The third-order valence-electron chi connectivity index (χ3n) is 4.35. The molecule has 1 N–H and O–H groups in total. The second-order valence-electron chi connectivity index (χ2n) is 5.98. The van der Waals surface area contributed by atoms with E-state index in [0.29, 0.717) is 0 Å². The molecular formula is C20H28N2O2. The van der Waals surface area contributed by atoms with Gasteiger partial charge in [0.05, 0.1) is 0 Å². The van der Waals surface area contributed by atoms with E-state index in [0.717, 1.165) is 48.4 Å². The Morgan fingerprint density at radius 1 is 1.46 bits per heavy atom. The van der Waals surface area contributed by atoms with Gasteiger partial charge in [-0.05, 0) is 62.5 Å². The number of nitrogens with zero attached hydrogens (tertiary/aromatic N) is 2. The highest BCUT2D eigenvalue weighted by Gasteiger charge is 2.22. The van der Waals surface area contributed by atoms with Crippen molar-refractivity contribution in [3.05, 3.63) is 42.0 Å². The van der Waals surface area contributed by atoms with Crippen LogP contribution in [0.5, 0.6) is 5.75 Å². The van der Waals surface area contributed by atoms with E-state index in [2.05, 4.69) is 16.5 Å². The number of hydrogen-bond donors (Lipinski definition) is 1. The Bertz CT molecular complexity index is 629. The lowest BCUT2D eigenvalue weighted by molar-refractivity contribution is 0.0174.